The number of ether oxygens (including phenoxy) is 2. The van der Waals surface area contributed by atoms with Crippen LogP contribution in [-0.4, -0.2) is 54.9 Å². The van der Waals surface area contributed by atoms with Crippen molar-refractivity contribution in [2.45, 2.75) is 32.2 Å². The lowest BCUT2D eigenvalue weighted by Crippen LogP contribution is -2.50. The van der Waals surface area contributed by atoms with Crippen LogP contribution in [0.1, 0.15) is 26.7 Å². The number of hydrogen-bond acceptors (Lipinski definition) is 6. The van der Waals surface area contributed by atoms with Crippen molar-refractivity contribution in [1.82, 2.24) is 4.90 Å². The topological polar surface area (TPSA) is 85.3 Å². The summed E-state index contributed by atoms with van der Waals surface area (Å²) < 4.78 is 9.81. The van der Waals surface area contributed by atoms with Gasteiger partial charge in [-0.25, -0.2) is 14.4 Å². The van der Waals surface area contributed by atoms with Crippen molar-refractivity contribution >= 4 is 18.1 Å². The third kappa shape index (κ3) is 3.54. The Labute approximate surface area is 111 Å². The molecule has 0 aromatic carbocycles. The average molecular weight is 270 g/mol. The molecule has 0 N–H and O–H groups in total. The number of nitrogens with zero attached hydrogens (tertiary/aromatic N) is 2. The highest BCUT2D eigenvalue weighted by Gasteiger charge is 2.44. The number of amides is 1. The van der Waals surface area contributed by atoms with Crippen molar-refractivity contribution in [3.05, 3.63) is 0 Å². The lowest BCUT2D eigenvalue weighted by Gasteiger charge is -2.35. The van der Waals surface area contributed by atoms with Crippen molar-refractivity contribution in [3.63, 3.8) is 0 Å². The van der Waals surface area contributed by atoms with Crippen molar-refractivity contribution < 1.29 is 23.9 Å². The standard InChI is InChI=1S/C12H18N2O5/c1-3-18-10(16)12(13-9-15)5-7-14(8-6-12)11(17)19-4-2/h3-8H2,1-2H3. The van der Waals surface area contributed by atoms with Gasteiger partial charge in [-0.05, 0) is 13.8 Å². The first kappa shape index (κ1) is 15.2. The van der Waals surface area contributed by atoms with Gasteiger partial charge in [0.15, 0.2) is 5.54 Å². The molecule has 1 aliphatic heterocycles. The monoisotopic (exact) mass is 270 g/mol. The van der Waals surface area contributed by atoms with E-state index in [1.54, 1.807) is 13.8 Å². The lowest BCUT2D eigenvalue weighted by atomic mass is 9.88. The van der Waals surface area contributed by atoms with Gasteiger partial charge in [0.1, 0.15) is 0 Å². The Bertz CT molecular complexity index is 382. The highest BCUT2D eigenvalue weighted by Crippen LogP contribution is 2.28. The summed E-state index contributed by atoms with van der Waals surface area (Å²) in [5.74, 6) is -0.540. The number of likely N-dealkylation sites (tertiary alicyclic amines) is 1. The molecule has 7 heteroatoms. The molecule has 0 saturated carbocycles. The molecule has 1 amide bonds. The predicted molar refractivity (Wildman–Crippen MR) is 65.3 cm³/mol. The van der Waals surface area contributed by atoms with E-state index < -0.39 is 17.6 Å². The number of carbonyl (C=O) groups excluding carboxylic acids is 3. The highest BCUT2D eigenvalue weighted by molar-refractivity contribution is 5.82. The van der Waals surface area contributed by atoms with Crippen LogP contribution in [0, 0.1) is 0 Å². The molecule has 0 atom stereocenters. The smallest absolute Gasteiger partial charge is 0.409 e. The van der Waals surface area contributed by atoms with Crippen molar-refractivity contribution in [2.24, 2.45) is 4.99 Å². The zero-order chi connectivity index (χ0) is 14.3. The number of carbonyl (C=O) groups is 2. The molecule has 1 heterocycles. The fourth-order valence-electron chi connectivity index (χ4n) is 1.99. The predicted octanol–water partition coefficient (Wildman–Crippen LogP) is 0.876. The minimum Gasteiger partial charge on any atom is -0.464 e. The molecule has 106 valence electrons. The van der Waals surface area contributed by atoms with Crippen LogP contribution in [0.3, 0.4) is 0 Å². The first-order valence-corrected chi connectivity index (χ1v) is 6.27. The SMILES string of the molecule is CCOC(=O)N1CCC(N=C=O)(C(=O)OCC)CC1. The molecule has 1 rings (SSSR count). The average Bonchev–Trinajstić information content (AvgIpc) is 2.40. The molecule has 0 aromatic heterocycles. The lowest BCUT2D eigenvalue weighted by molar-refractivity contribution is -0.151. The Morgan fingerprint density at radius 1 is 1.21 bits per heavy atom. The molecule has 1 fully saturated rings. The summed E-state index contributed by atoms with van der Waals surface area (Å²) in [7, 11) is 0. The van der Waals surface area contributed by atoms with Gasteiger partial charge in [-0.15, -0.1) is 0 Å². The number of rotatable bonds is 4. The van der Waals surface area contributed by atoms with Crippen LogP contribution >= 0.6 is 0 Å². The third-order valence-corrected chi connectivity index (χ3v) is 3.03. The zero-order valence-corrected chi connectivity index (χ0v) is 11.2. The Balaban J connectivity index is 2.72. The van der Waals surface area contributed by atoms with Crippen LogP contribution in [0.5, 0.6) is 0 Å². The van der Waals surface area contributed by atoms with Crippen molar-refractivity contribution in [2.75, 3.05) is 26.3 Å². The van der Waals surface area contributed by atoms with Crippen LogP contribution in [0.4, 0.5) is 4.79 Å². The second-order valence-corrected chi connectivity index (χ2v) is 4.14. The minimum absolute atomic E-state index is 0.219. The van der Waals surface area contributed by atoms with Gasteiger partial charge >= 0.3 is 12.1 Å². The summed E-state index contributed by atoms with van der Waals surface area (Å²) >= 11 is 0. The van der Waals surface area contributed by atoms with Crippen LogP contribution in [0.15, 0.2) is 4.99 Å². The molecule has 0 unspecified atom stereocenters. The first-order valence-electron chi connectivity index (χ1n) is 6.27. The Morgan fingerprint density at radius 3 is 2.26 bits per heavy atom. The molecule has 19 heavy (non-hydrogen) atoms. The van der Waals surface area contributed by atoms with Gasteiger partial charge in [-0.1, -0.05) is 0 Å². The van der Waals surface area contributed by atoms with E-state index >= 15 is 0 Å². The summed E-state index contributed by atoms with van der Waals surface area (Å²) in [6.07, 6.45) is 1.48. The molecular weight excluding hydrogens is 252 g/mol. The summed E-state index contributed by atoms with van der Waals surface area (Å²) in [4.78, 5) is 39.0. The fourth-order valence-corrected chi connectivity index (χ4v) is 1.99. The summed E-state index contributed by atoms with van der Waals surface area (Å²) in [5, 5.41) is 0. The maximum atomic E-state index is 11.9. The summed E-state index contributed by atoms with van der Waals surface area (Å²) in [6, 6.07) is 0. The molecule has 0 bridgehead atoms. The Kier molecular flexibility index (Phi) is 5.51. The number of hydrogen-bond donors (Lipinski definition) is 0. The zero-order valence-electron chi connectivity index (χ0n) is 11.2. The number of isocyanates is 1. The van der Waals surface area contributed by atoms with Crippen LogP contribution in [-0.2, 0) is 19.1 Å². The van der Waals surface area contributed by atoms with Crippen molar-refractivity contribution in [1.29, 1.82) is 0 Å². The quantitative estimate of drug-likeness (QED) is 0.430. The van der Waals surface area contributed by atoms with Crippen LogP contribution < -0.4 is 0 Å². The van der Waals surface area contributed by atoms with E-state index in [2.05, 4.69) is 4.99 Å². The molecule has 1 aliphatic rings. The molecule has 7 nitrogen and oxygen atoms in total. The maximum Gasteiger partial charge on any atom is 0.409 e. The second-order valence-electron chi connectivity index (χ2n) is 4.14. The third-order valence-electron chi connectivity index (χ3n) is 3.03. The Morgan fingerprint density at radius 2 is 1.79 bits per heavy atom. The Hall–Kier alpha value is -1.88. The number of aliphatic imine (C=N–C) groups is 1. The molecule has 0 radical (unpaired) electrons. The second kappa shape index (κ2) is 6.89. The van der Waals surface area contributed by atoms with Gasteiger partial charge in [0, 0.05) is 25.9 Å². The largest absolute Gasteiger partial charge is 0.464 e. The van der Waals surface area contributed by atoms with Gasteiger partial charge in [-0.2, -0.15) is 4.99 Å². The van der Waals surface area contributed by atoms with E-state index in [0.29, 0.717) is 19.7 Å². The molecule has 0 spiro atoms. The molecular formula is C12H18N2O5. The number of esters is 1. The molecule has 0 aliphatic carbocycles. The van der Waals surface area contributed by atoms with Crippen LogP contribution in [0.25, 0.3) is 0 Å². The van der Waals surface area contributed by atoms with E-state index in [9.17, 15) is 14.4 Å². The summed E-state index contributed by atoms with van der Waals surface area (Å²) in [5.41, 5.74) is -1.21. The van der Waals surface area contributed by atoms with Gasteiger partial charge in [0.2, 0.25) is 6.08 Å². The van der Waals surface area contributed by atoms with Crippen LogP contribution in [0.2, 0.25) is 0 Å². The minimum atomic E-state index is -1.21. The fraction of sp³-hybridized carbons (Fsp3) is 0.750. The van der Waals surface area contributed by atoms with Gasteiger partial charge < -0.3 is 14.4 Å². The number of piperidine rings is 1. The molecule has 1 saturated heterocycles. The van der Waals surface area contributed by atoms with E-state index in [1.165, 1.54) is 11.0 Å². The van der Waals surface area contributed by atoms with E-state index in [1.807, 2.05) is 0 Å². The first-order chi connectivity index (χ1) is 9.09. The van der Waals surface area contributed by atoms with Crippen molar-refractivity contribution in [3.8, 4) is 0 Å². The normalized spacial score (nSPS) is 17.3. The van der Waals surface area contributed by atoms with E-state index in [4.69, 9.17) is 9.47 Å². The van der Waals surface area contributed by atoms with E-state index in [0.717, 1.165) is 0 Å². The summed E-state index contributed by atoms with van der Waals surface area (Å²) in [6.45, 7) is 4.51. The maximum absolute atomic E-state index is 11.9. The van der Waals surface area contributed by atoms with E-state index in [-0.39, 0.29) is 19.4 Å². The highest BCUT2D eigenvalue weighted by atomic mass is 16.6. The van der Waals surface area contributed by atoms with Gasteiger partial charge in [0.25, 0.3) is 0 Å². The molecule has 0 aromatic rings. The van der Waals surface area contributed by atoms with Gasteiger partial charge in [-0.3, -0.25) is 0 Å². The van der Waals surface area contributed by atoms with Gasteiger partial charge in [0.05, 0.1) is 13.2 Å².